The van der Waals surface area contributed by atoms with Crippen LogP contribution >= 0.6 is 11.5 Å². The SMILES string of the molecule is C[C@H](NC(=O)c1csnn1)c1cccc(-n2cccn2)c1. The molecule has 3 aromatic rings. The third-order valence-corrected chi connectivity index (χ3v) is 3.58. The van der Waals surface area contributed by atoms with E-state index in [9.17, 15) is 4.79 Å². The van der Waals surface area contributed by atoms with E-state index in [1.54, 1.807) is 16.3 Å². The molecule has 7 heteroatoms. The Balaban J connectivity index is 1.77. The van der Waals surface area contributed by atoms with Gasteiger partial charge >= 0.3 is 0 Å². The fourth-order valence-electron chi connectivity index (χ4n) is 1.98. The summed E-state index contributed by atoms with van der Waals surface area (Å²) in [6.07, 6.45) is 3.61. The van der Waals surface area contributed by atoms with Crippen LogP contribution < -0.4 is 5.32 Å². The Morgan fingerprint density at radius 1 is 1.38 bits per heavy atom. The molecular formula is C14H13N5OS. The minimum absolute atomic E-state index is 0.130. The van der Waals surface area contributed by atoms with Gasteiger partial charge in [-0.15, -0.1) is 5.10 Å². The zero-order chi connectivity index (χ0) is 14.7. The van der Waals surface area contributed by atoms with Crippen LogP contribution in [0.15, 0.2) is 48.1 Å². The minimum Gasteiger partial charge on any atom is -0.344 e. The summed E-state index contributed by atoms with van der Waals surface area (Å²) in [5.74, 6) is -0.222. The van der Waals surface area contributed by atoms with Crippen molar-refractivity contribution in [1.82, 2.24) is 24.7 Å². The van der Waals surface area contributed by atoms with Gasteiger partial charge in [0.05, 0.1) is 11.7 Å². The average molecular weight is 299 g/mol. The Labute approximate surface area is 125 Å². The molecule has 0 bridgehead atoms. The largest absolute Gasteiger partial charge is 0.344 e. The summed E-state index contributed by atoms with van der Waals surface area (Å²) in [5.41, 5.74) is 2.29. The quantitative estimate of drug-likeness (QED) is 0.801. The van der Waals surface area contributed by atoms with E-state index in [1.807, 2.05) is 43.5 Å². The van der Waals surface area contributed by atoms with Crippen LogP contribution in [0.1, 0.15) is 29.0 Å². The van der Waals surface area contributed by atoms with Crippen LogP contribution in [0.4, 0.5) is 0 Å². The number of aromatic nitrogens is 4. The van der Waals surface area contributed by atoms with Crippen LogP contribution in [0.2, 0.25) is 0 Å². The molecule has 2 aromatic heterocycles. The van der Waals surface area contributed by atoms with E-state index in [2.05, 4.69) is 20.0 Å². The van der Waals surface area contributed by atoms with Gasteiger partial charge in [-0.25, -0.2) is 4.68 Å². The predicted molar refractivity (Wildman–Crippen MR) is 79.4 cm³/mol. The van der Waals surface area contributed by atoms with Crippen LogP contribution in [0.3, 0.4) is 0 Å². The number of nitrogens with one attached hydrogen (secondary N) is 1. The fraction of sp³-hybridized carbons (Fsp3) is 0.143. The van der Waals surface area contributed by atoms with E-state index in [0.29, 0.717) is 5.69 Å². The molecule has 0 saturated carbocycles. The summed E-state index contributed by atoms with van der Waals surface area (Å²) in [6.45, 7) is 1.93. The zero-order valence-corrected chi connectivity index (χ0v) is 12.1. The first-order valence-electron chi connectivity index (χ1n) is 6.42. The number of nitrogens with zero attached hydrogens (tertiary/aromatic N) is 4. The number of rotatable bonds is 4. The molecule has 1 N–H and O–H groups in total. The van der Waals surface area contributed by atoms with Gasteiger partial charge in [-0.3, -0.25) is 4.79 Å². The number of hydrogen-bond donors (Lipinski definition) is 1. The first kappa shape index (κ1) is 13.4. The Kier molecular flexibility index (Phi) is 3.74. The third-order valence-electron chi connectivity index (χ3n) is 3.08. The second kappa shape index (κ2) is 5.84. The first-order valence-corrected chi connectivity index (χ1v) is 7.25. The average Bonchev–Trinajstić information content (AvgIpc) is 3.20. The number of benzene rings is 1. The number of carbonyl (C=O) groups excluding carboxylic acids is 1. The molecule has 0 aliphatic rings. The van der Waals surface area contributed by atoms with E-state index < -0.39 is 0 Å². The number of hydrogen-bond acceptors (Lipinski definition) is 5. The lowest BCUT2D eigenvalue weighted by atomic mass is 10.1. The minimum atomic E-state index is -0.222. The lowest BCUT2D eigenvalue weighted by molar-refractivity contribution is 0.0935. The molecule has 1 aromatic carbocycles. The second-order valence-electron chi connectivity index (χ2n) is 4.53. The van der Waals surface area contributed by atoms with E-state index in [-0.39, 0.29) is 11.9 Å². The normalized spacial score (nSPS) is 12.0. The van der Waals surface area contributed by atoms with Gasteiger partial charge in [0, 0.05) is 17.8 Å². The molecule has 106 valence electrons. The molecule has 0 radical (unpaired) electrons. The van der Waals surface area contributed by atoms with Gasteiger partial charge in [-0.05, 0) is 42.2 Å². The van der Waals surface area contributed by atoms with Crippen molar-refractivity contribution in [2.75, 3.05) is 0 Å². The highest BCUT2D eigenvalue weighted by Crippen LogP contribution is 2.17. The molecule has 3 rings (SSSR count). The monoisotopic (exact) mass is 299 g/mol. The highest BCUT2D eigenvalue weighted by atomic mass is 32.1. The first-order chi connectivity index (χ1) is 10.2. The Morgan fingerprint density at radius 2 is 2.29 bits per heavy atom. The van der Waals surface area contributed by atoms with Gasteiger partial charge < -0.3 is 5.32 Å². The van der Waals surface area contributed by atoms with Crippen molar-refractivity contribution < 1.29 is 4.79 Å². The molecule has 0 saturated heterocycles. The van der Waals surface area contributed by atoms with Crippen molar-refractivity contribution in [2.24, 2.45) is 0 Å². The van der Waals surface area contributed by atoms with E-state index in [1.165, 1.54) is 0 Å². The topological polar surface area (TPSA) is 72.7 Å². The van der Waals surface area contributed by atoms with Crippen molar-refractivity contribution in [3.63, 3.8) is 0 Å². The molecule has 0 unspecified atom stereocenters. The van der Waals surface area contributed by atoms with Gasteiger partial charge in [0.2, 0.25) is 0 Å². The van der Waals surface area contributed by atoms with Crippen molar-refractivity contribution >= 4 is 17.4 Å². The molecule has 2 heterocycles. The predicted octanol–water partition coefficient (Wildman–Crippen LogP) is 2.21. The maximum atomic E-state index is 12.0. The summed E-state index contributed by atoms with van der Waals surface area (Å²) >= 11 is 1.16. The Hall–Kier alpha value is -2.54. The summed E-state index contributed by atoms with van der Waals surface area (Å²) in [6, 6.07) is 9.62. The van der Waals surface area contributed by atoms with Gasteiger partial charge in [0.1, 0.15) is 0 Å². The molecule has 1 amide bonds. The van der Waals surface area contributed by atoms with Crippen LogP contribution in [-0.2, 0) is 0 Å². The van der Waals surface area contributed by atoms with Gasteiger partial charge in [-0.2, -0.15) is 5.10 Å². The van der Waals surface area contributed by atoms with Crippen molar-refractivity contribution in [3.05, 3.63) is 59.4 Å². The Morgan fingerprint density at radius 3 is 3.00 bits per heavy atom. The molecule has 6 nitrogen and oxygen atoms in total. The second-order valence-corrected chi connectivity index (χ2v) is 5.14. The fourth-order valence-corrected chi connectivity index (χ4v) is 2.41. The zero-order valence-electron chi connectivity index (χ0n) is 11.3. The lowest BCUT2D eigenvalue weighted by Gasteiger charge is -2.14. The van der Waals surface area contributed by atoms with E-state index in [0.717, 1.165) is 22.8 Å². The smallest absolute Gasteiger partial charge is 0.273 e. The van der Waals surface area contributed by atoms with Crippen LogP contribution in [0.5, 0.6) is 0 Å². The maximum absolute atomic E-state index is 12.0. The maximum Gasteiger partial charge on any atom is 0.273 e. The number of carbonyl (C=O) groups is 1. The number of amides is 1. The molecule has 0 fully saturated rings. The van der Waals surface area contributed by atoms with E-state index in [4.69, 9.17) is 0 Å². The molecular weight excluding hydrogens is 286 g/mol. The van der Waals surface area contributed by atoms with E-state index >= 15 is 0 Å². The highest BCUT2D eigenvalue weighted by molar-refractivity contribution is 7.03. The van der Waals surface area contributed by atoms with Gasteiger partial charge in [0.15, 0.2) is 5.69 Å². The standard InChI is InChI=1S/C14H13N5OS/c1-10(16-14(20)13-9-21-18-17-13)11-4-2-5-12(8-11)19-7-3-6-15-19/h2-10H,1H3,(H,16,20)/t10-/m0/s1. The Bertz CT molecular complexity index is 724. The van der Waals surface area contributed by atoms with Crippen LogP contribution in [0.25, 0.3) is 5.69 Å². The van der Waals surface area contributed by atoms with Crippen molar-refractivity contribution in [2.45, 2.75) is 13.0 Å². The van der Waals surface area contributed by atoms with Crippen LogP contribution in [0, 0.1) is 0 Å². The van der Waals surface area contributed by atoms with Crippen molar-refractivity contribution in [1.29, 1.82) is 0 Å². The molecule has 0 spiro atoms. The molecule has 1 atom stereocenters. The highest BCUT2D eigenvalue weighted by Gasteiger charge is 2.14. The molecule has 21 heavy (non-hydrogen) atoms. The van der Waals surface area contributed by atoms with Crippen LogP contribution in [-0.4, -0.2) is 25.3 Å². The van der Waals surface area contributed by atoms with Gasteiger partial charge in [0.25, 0.3) is 5.91 Å². The summed E-state index contributed by atoms with van der Waals surface area (Å²) < 4.78 is 5.47. The molecule has 0 aliphatic heterocycles. The summed E-state index contributed by atoms with van der Waals surface area (Å²) in [7, 11) is 0. The van der Waals surface area contributed by atoms with Crippen molar-refractivity contribution in [3.8, 4) is 5.69 Å². The third kappa shape index (κ3) is 2.97. The lowest BCUT2D eigenvalue weighted by Crippen LogP contribution is -2.27. The molecule has 0 aliphatic carbocycles. The van der Waals surface area contributed by atoms with Gasteiger partial charge in [-0.1, -0.05) is 16.6 Å². The summed E-state index contributed by atoms with van der Waals surface area (Å²) in [5, 5.41) is 12.5. The summed E-state index contributed by atoms with van der Waals surface area (Å²) in [4.78, 5) is 12.0.